The number of carbonyl (C=O) groups excluding carboxylic acids is 2. The SMILES string of the molecule is CC(C)c1ccc(NC2=C(c3cccs3)C(=O)N(Cc3ccc(F)cc3)C2=O)cc1. The lowest BCUT2D eigenvalue weighted by Gasteiger charge is -2.15. The fourth-order valence-corrected chi connectivity index (χ4v) is 4.12. The van der Waals surface area contributed by atoms with Crippen molar-refractivity contribution in [1.29, 1.82) is 0 Å². The van der Waals surface area contributed by atoms with E-state index in [4.69, 9.17) is 0 Å². The predicted molar refractivity (Wildman–Crippen MR) is 117 cm³/mol. The first kappa shape index (κ1) is 20.0. The average Bonchev–Trinajstić information content (AvgIpc) is 3.33. The van der Waals surface area contributed by atoms with Crippen molar-refractivity contribution in [1.82, 2.24) is 4.90 Å². The number of carbonyl (C=O) groups is 2. The molecule has 0 saturated carbocycles. The van der Waals surface area contributed by atoms with Gasteiger partial charge >= 0.3 is 0 Å². The van der Waals surface area contributed by atoms with Crippen LogP contribution in [0.2, 0.25) is 0 Å². The number of anilines is 1. The third kappa shape index (κ3) is 3.91. The molecule has 2 heterocycles. The lowest BCUT2D eigenvalue weighted by Crippen LogP contribution is -2.31. The molecule has 152 valence electrons. The highest BCUT2D eigenvalue weighted by Crippen LogP contribution is 2.33. The largest absolute Gasteiger partial charge is 0.350 e. The maximum atomic E-state index is 13.2. The summed E-state index contributed by atoms with van der Waals surface area (Å²) in [5, 5.41) is 5.04. The van der Waals surface area contributed by atoms with Crippen LogP contribution >= 0.6 is 11.3 Å². The predicted octanol–water partition coefficient (Wildman–Crippen LogP) is 5.40. The summed E-state index contributed by atoms with van der Waals surface area (Å²) in [4.78, 5) is 28.3. The number of nitrogens with one attached hydrogen (secondary N) is 1. The molecule has 1 N–H and O–H groups in total. The zero-order chi connectivity index (χ0) is 21.3. The van der Waals surface area contributed by atoms with Crippen LogP contribution in [-0.4, -0.2) is 16.7 Å². The molecular weight excluding hydrogens is 399 g/mol. The van der Waals surface area contributed by atoms with Crippen molar-refractivity contribution in [2.75, 3.05) is 5.32 Å². The molecule has 0 saturated heterocycles. The van der Waals surface area contributed by atoms with E-state index in [0.717, 1.165) is 10.6 Å². The Hall–Kier alpha value is -3.25. The number of benzene rings is 2. The summed E-state index contributed by atoms with van der Waals surface area (Å²) in [6.07, 6.45) is 0. The van der Waals surface area contributed by atoms with Gasteiger partial charge in [-0.25, -0.2) is 4.39 Å². The molecule has 0 bridgehead atoms. The molecular formula is C24H21FN2O2S. The van der Waals surface area contributed by atoms with Gasteiger partial charge in [0.15, 0.2) is 0 Å². The van der Waals surface area contributed by atoms with Gasteiger partial charge in [0.2, 0.25) is 0 Å². The standard InChI is InChI=1S/C24H21FN2O2S/c1-15(2)17-7-11-19(12-8-17)26-22-21(20-4-3-13-30-20)23(28)27(24(22)29)14-16-5-9-18(25)10-6-16/h3-13,15,26H,14H2,1-2H3. The summed E-state index contributed by atoms with van der Waals surface area (Å²) in [6, 6.07) is 17.3. The molecule has 2 amide bonds. The van der Waals surface area contributed by atoms with E-state index in [0.29, 0.717) is 17.1 Å². The van der Waals surface area contributed by atoms with Crippen molar-refractivity contribution < 1.29 is 14.0 Å². The van der Waals surface area contributed by atoms with Gasteiger partial charge in [-0.15, -0.1) is 11.3 Å². The molecule has 3 aromatic rings. The van der Waals surface area contributed by atoms with Gasteiger partial charge in [-0.1, -0.05) is 44.2 Å². The molecule has 0 spiro atoms. The Bertz CT molecular complexity index is 1100. The van der Waals surface area contributed by atoms with Crippen LogP contribution in [0.5, 0.6) is 0 Å². The number of thiophene rings is 1. The van der Waals surface area contributed by atoms with Crippen molar-refractivity contribution in [3.63, 3.8) is 0 Å². The Morgan fingerprint density at radius 2 is 1.67 bits per heavy atom. The second-order valence-electron chi connectivity index (χ2n) is 7.45. The first-order valence-corrected chi connectivity index (χ1v) is 10.6. The van der Waals surface area contributed by atoms with E-state index in [1.165, 1.54) is 33.9 Å². The summed E-state index contributed by atoms with van der Waals surface area (Å²) < 4.78 is 13.2. The number of imide groups is 1. The van der Waals surface area contributed by atoms with E-state index in [2.05, 4.69) is 19.2 Å². The molecule has 0 radical (unpaired) electrons. The summed E-state index contributed by atoms with van der Waals surface area (Å²) >= 11 is 1.41. The van der Waals surface area contributed by atoms with Crippen LogP contribution < -0.4 is 5.32 Å². The van der Waals surface area contributed by atoms with Gasteiger partial charge in [0, 0.05) is 10.6 Å². The second-order valence-corrected chi connectivity index (χ2v) is 8.40. The first-order valence-electron chi connectivity index (χ1n) is 9.70. The Kier molecular flexibility index (Phi) is 5.50. The van der Waals surface area contributed by atoms with E-state index < -0.39 is 0 Å². The maximum absolute atomic E-state index is 13.2. The normalized spacial score (nSPS) is 14.2. The maximum Gasteiger partial charge on any atom is 0.278 e. The van der Waals surface area contributed by atoms with Gasteiger partial charge in [-0.05, 0) is 52.8 Å². The lowest BCUT2D eigenvalue weighted by molar-refractivity contribution is -0.137. The van der Waals surface area contributed by atoms with Gasteiger partial charge in [-0.2, -0.15) is 0 Å². The van der Waals surface area contributed by atoms with Gasteiger partial charge in [0.05, 0.1) is 12.1 Å². The van der Waals surface area contributed by atoms with Gasteiger partial charge in [-0.3, -0.25) is 14.5 Å². The minimum atomic E-state index is -0.388. The minimum Gasteiger partial charge on any atom is -0.350 e. The summed E-state index contributed by atoms with van der Waals surface area (Å²) in [5.41, 5.74) is 3.26. The lowest BCUT2D eigenvalue weighted by atomic mass is 10.0. The van der Waals surface area contributed by atoms with Crippen LogP contribution in [0.15, 0.2) is 71.7 Å². The highest BCUT2D eigenvalue weighted by atomic mass is 32.1. The number of hydrogen-bond donors (Lipinski definition) is 1. The molecule has 0 atom stereocenters. The molecule has 4 rings (SSSR count). The third-order valence-corrected chi connectivity index (χ3v) is 5.92. The summed E-state index contributed by atoms with van der Waals surface area (Å²) in [6.45, 7) is 4.32. The number of rotatable bonds is 6. The second kappa shape index (κ2) is 8.24. The van der Waals surface area contributed by atoms with E-state index >= 15 is 0 Å². The Morgan fingerprint density at radius 1 is 0.967 bits per heavy atom. The van der Waals surface area contributed by atoms with Crippen LogP contribution in [0.25, 0.3) is 5.57 Å². The number of amides is 2. The topological polar surface area (TPSA) is 49.4 Å². The van der Waals surface area contributed by atoms with Crippen LogP contribution in [0, 0.1) is 5.82 Å². The van der Waals surface area contributed by atoms with E-state index in [-0.39, 0.29) is 29.9 Å². The molecule has 0 unspecified atom stereocenters. The van der Waals surface area contributed by atoms with Crippen molar-refractivity contribution >= 4 is 34.4 Å². The molecule has 6 heteroatoms. The molecule has 1 aliphatic rings. The van der Waals surface area contributed by atoms with Crippen LogP contribution in [0.3, 0.4) is 0 Å². The van der Waals surface area contributed by atoms with Crippen LogP contribution in [0.4, 0.5) is 10.1 Å². The average molecular weight is 421 g/mol. The van der Waals surface area contributed by atoms with Gasteiger partial charge in [0.25, 0.3) is 11.8 Å². The van der Waals surface area contributed by atoms with Crippen LogP contribution in [-0.2, 0) is 16.1 Å². The Labute approximate surface area is 178 Å². The summed E-state index contributed by atoms with van der Waals surface area (Å²) in [7, 11) is 0. The van der Waals surface area contributed by atoms with Crippen molar-refractivity contribution in [2.24, 2.45) is 0 Å². The summed E-state index contributed by atoms with van der Waals surface area (Å²) in [5.74, 6) is -0.697. The molecule has 4 nitrogen and oxygen atoms in total. The quantitative estimate of drug-likeness (QED) is 0.543. The Balaban J connectivity index is 1.66. The van der Waals surface area contributed by atoms with Crippen molar-refractivity contribution in [3.8, 4) is 0 Å². The molecule has 30 heavy (non-hydrogen) atoms. The first-order chi connectivity index (χ1) is 14.4. The minimum absolute atomic E-state index is 0.0876. The van der Waals surface area contributed by atoms with E-state index in [1.807, 2.05) is 41.8 Å². The zero-order valence-corrected chi connectivity index (χ0v) is 17.5. The number of halogens is 1. The fraction of sp³-hybridized carbons (Fsp3) is 0.167. The smallest absolute Gasteiger partial charge is 0.278 e. The molecule has 0 aliphatic carbocycles. The third-order valence-electron chi connectivity index (χ3n) is 5.04. The fourth-order valence-electron chi connectivity index (χ4n) is 3.35. The monoisotopic (exact) mass is 420 g/mol. The molecule has 1 aliphatic heterocycles. The van der Waals surface area contributed by atoms with Gasteiger partial charge in [0.1, 0.15) is 11.5 Å². The van der Waals surface area contributed by atoms with E-state index in [1.54, 1.807) is 12.1 Å². The zero-order valence-electron chi connectivity index (χ0n) is 16.7. The van der Waals surface area contributed by atoms with Crippen molar-refractivity contribution in [3.05, 3.63) is 93.6 Å². The number of nitrogens with zero attached hydrogens (tertiary/aromatic N) is 1. The van der Waals surface area contributed by atoms with Crippen LogP contribution in [0.1, 0.15) is 35.8 Å². The number of hydrogen-bond acceptors (Lipinski definition) is 4. The Morgan fingerprint density at radius 3 is 2.27 bits per heavy atom. The van der Waals surface area contributed by atoms with Crippen molar-refractivity contribution in [2.45, 2.75) is 26.3 Å². The molecule has 1 aromatic heterocycles. The molecule has 0 fully saturated rings. The highest BCUT2D eigenvalue weighted by molar-refractivity contribution is 7.11. The molecule has 2 aromatic carbocycles. The van der Waals surface area contributed by atoms with E-state index in [9.17, 15) is 14.0 Å². The highest BCUT2D eigenvalue weighted by Gasteiger charge is 2.39. The van der Waals surface area contributed by atoms with Gasteiger partial charge < -0.3 is 5.32 Å².